The van der Waals surface area contributed by atoms with E-state index in [2.05, 4.69) is 20.5 Å². The van der Waals surface area contributed by atoms with Crippen molar-refractivity contribution in [2.45, 2.75) is 33.2 Å². The number of hydrogen-bond acceptors (Lipinski definition) is 6. The van der Waals surface area contributed by atoms with E-state index in [1.807, 2.05) is 6.92 Å². The van der Waals surface area contributed by atoms with Crippen LogP contribution in [0.1, 0.15) is 32.5 Å². The molecule has 0 aromatic carbocycles. The third kappa shape index (κ3) is 3.70. The van der Waals surface area contributed by atoms with Gasteiger partial charge in [0.15, 0.2) is 5.82 Å². The molecule has 1 saturated heterocycles. The van der Waals surface area contributed by atoms with Crippen molar-refractivity contribution in [3.63, 3.8) is 0 Å². The largest absolute Gasteiger partial charge is 0.475 e. The van der Waals surface area contributed by atoms with Crippen molar-refractivity contribution in [2.75, 3.05) is 19.7 Å². The van der Waals surface area contributed by atoms with Crippen LogP contribution < -0.4 is 10.1 Å². The van der Waals surface area contributed by atoms with Gasteiger partial charge < -0.3 is 15.0 Å². The highest BCUT2D eigenvalue weighted by atomic mass is 16.5. The van der Waals surface area contributed by atoms with Crippen LogP contribution in [0.25, 0.3) is 5.65 Å². The molecule has 0 aliphatic carbocycles. The van der Waals surface area contributed by atoms with Gasteiger partial charge in [-0.25, -0.2) is 4.98 Å². The first-order valence-corrected chi connectivity index (χ1v) is 8.44. The van der Waals surface area contributed by atoms with E-state index in [1.165, 1.54) is 0 Å². The zero-order valence-electron chi connectivity index (χ0n) is 14.4. The lowest BCUT2D eigenvalue weighted by Crippen LogP contribution is -2.42. The molecular weight excluding hydrogens is 324 g/mol. The minimum Gasteiger partial charge on any atom is -0.475 e. The molecule has 1 fully saturated rings. The number of rotatable bonds is 5. The van der Waals surface area contributed by atoms with Crippen LogP contribution in [0.2, 0.25) is 0 Å². The molecule has 1 aliphatic heterocycles. The van der Waals surface area contributed by atoms with Crippen molar-refractivity contribution in [1.82, 2.24) is 29.8 Å². The van der Waals surface area contributed by atoms with Crippen LogP contribution in [0.5, 0.6) is 5.88 Å². The van der Waals surface area contributed by atoms with Crippen molar-refractivity contribution in [1.29, 1.82) is 0 Å². The van der Waals surface area contributed by atoms with Gasteiger partial charge in [0.05, 0.1) is 13.2 Å². The van der Waals surface area contributed by atoms with Crippen molar-refractivity contribution in [3.05, 3.63) is 18.2 Å². The zero-order chi connectivity index (χ0) is 17.8. The van der Waals surface area contributed by atoms with E-state index in [-0.39, 0.29) is 24.3 Å². The number of amides is 2. The molecular formula is C16H22N6O3. The first-order valence-electron chi connectivity index (χ1n) is 8.44. The summed E-state index contributed by atoms with van der Waals surface area (Å²) in [4.78, 5) is 29.6. The Hall–Kier alpha value is -2.71. The summed E-state index contributed by atoms with van der Waals surface area (Å²) in [6.45, 7) is 5.46. The van der Waals surface area contributed by atoms with Crippen LogP contribution in [0, 0.1) is 5.92 Å². The number of fused-ring (bicyclic) bond motifs is 1. The van der Waals surface area contributed by atoms with E-state index < -0.39 is 0 Å². The van der Waals surface area contributed by atoms with Gasteiger partial charge in [-0.05, 0) is 19.8 Å². The number of ether oxygens (including phenoxy) is 1. The average molecular weight is 346 g/mol. The first-order chi connectivity index (χ1) is 12.1. The van der Waals surface area contributed by atoms with Gasteiger partial charge in [0.2, 0.25) is 17.5 Å². The highest BCUT2D eigenvalue weighted by Crippen LogP contribution is 2.18. The predicted molar refractivity (Wildman–Crippen MR) is 88.8 cm³/mol. The molecule has 9 heteroatoms. The van der Waals surface area contributed by atoms with Gasteiger partial charge in [-0.1, -0.05) is 0 Å². The minimum absolute atomic E-state index is 0.0148. The Morgan fingerprint density at radius 1 is 1.32 bits per heavy atom. The van der Waals surface area contributed by atoms with Gasteiger partial charge in [-0.3, -0.25) is 14.0 Å². The lowest BCUT2D eigenvalue weighted by Gasteiger charge is -2.30. The summed E-state index contributed by atoms with van der Waals surface area (Å²) in [7, 11) is 0. The molecule has 0 bridgehead atoms. The number of carbonyl (C=O) groups is 2. The number of carbonyl (C=O) groups excluding carboxylic acids is 2. The van der Waals surface area contributed by atoms with Gasteiger partial charge >= 0.3 is 0 Å². The van der Waals surface area contributed by atoms with Crippen LogP contribution in [-0.2, 0) is 16.1 Å². The zero-order valence-corrected chi connectivity index (χ0v) is 14.4. The molecule has 9 nitrogen and oxygen atoms in total. The molecule has 0 atom stereocenters. The summed E-state index contributed by atoms with van der Waals surface area (Å²) in [5.74, 6) is 1.02. The molecule has 0 spiro atoms. The molecule has 2 aromatic rings. The van der Waals surface area contributed by atoms with E-state index >= 15 is 0 Å². The van der Waals surface area contributed by atoms with Gasteiger partial charge in [-0.2, -0.15) is 0 Å². The Balaban J connectivity index is 1.60. The second kappa shape index (κ2) is 7.45. The van der Waals surface area contributed by atoms with Gasteiger partial charge in [-0.15, -0.1) is 10.2 Å². The molecule has 25 heavy (non-hydrogen) atoms. The van der Waals surface area contributed by atoms with Gasteiger partial charge in [0.25, 0.3) is 5.88 Å². The van der Waals surface area contributed by atoms with Crippen molar-refractivity contribution < 1.29 is 14.3 Å². The Morgan fingerprint density at radius 3 is 2.76 bits per heavy atom. The third-order valence-electron chi connectivity index (χ3n) is 4.38. The second-order valence-electron chi connectivity index (χ2n) is 5.97. The van der Waals surface area contributed by atoms with Crippen molar-refractivity contribution in [2.24, 2.45) is 5.92 Å². The van der Waals surface area contributed by atoms with E-state index in [4.69, 9.17) is 4.74 Å². The molecule has 2 aromatic heterocycles. The number of hydrogen-bond donors (Lipinski definition) is 1. The smallest absolute Gasteiger partial charge is 0.260 e. The quantitative estimate of drug-likeness (QED) is 0.841. The second-order valence-corrected chi connectivity index (χ2v) is 5.97. The number of nitrogens with zero attached hydrogens (tertiary/aromatic N) is 5. The lowest BCUT2D eigenvalue weighted by atomic mass is 9.96. The molecule has 3 heterocycles. The van der Waals surface area contributed by atoms with Crippen molar-refractivity contribution >= 4 is 17.5 Å². The van der Waals surface area contributed by atoms with Gasteiger partial charge in [0, 0.05) is 38.3 Å². The van der Waals surface area contributed by atoms with Crippen LogP contribution in [0.15, 0.2) is 12.4 Å². The number of piperidine rings is 1. The van der Waals surface area contributed by atoms with Gasteiger partial charge in [0.1, 0.15) is 0 Å². The first kappa shape index (κ1) is 17.1. The Morgan fingerprint density at radius 2 is 2.08 bits per heavy atom. The van der Waals surface area contributed by atoms with Crippen LogP contribution in [0.4, 0.5) is 0 Å². The highest BCUT2D eigenvalue weighted by molar-refractivity contribution is 5.79. The lowest BCUT2D eigenvalue weighted by molar-refractivity contribution is -0.134. The molecule has 134 valence electrons. The maximum absolute atomic E-state index is 12.4. The Bertz CT molecular complexity index is 766. The fourth-order valence-corrected chi connectivity index (χ4v) is 2.98. The topological polar surface area (TPSA) is 102 Å². The molecule has 0 saturated carbocycles. The van der Waals surface area contributed by atoms with Crippen LogP contribution >= 0.6 is 0 Å². The number of aromatic nitrogens is 4. The monoisotopic (exact) mass is 346 g/mol. The SMILES string of the molecule is CCOc1nccn2c(CNC(=O)C3CCN(C(C)=O)CC3)nnc12. The van der Waals surface area contributed by atoms with Crippen molar-refractivity contribution in [3.8, 4) is 5.88 Å². The van der Waals surface area contributed by atoms with Crippen LogP contribution in [-0.4, -0.2) is 56.0 Å². The maximum atomic E-state index is 12.4. The summed E-state index contributed by atoms with van der Waals surface area (Å²) in [6.07, 6.45) is 4.73. The predicted octanol–water partition coefficient (Wildman–Crippen LogP) is 0.398. The molecule has 3 rings (SSSR count). The van der Waals surface area contributed by atoms with E-state index in [9.17, 15) is 9.59 Å². The van der Waals surface area contributed by atoms with E-state index in [0.29, 0.717) is 49.9 Å². The summed E-state index contributed by atoms with van der Waals surface area (Å²) < 4.78 is 7.19. The Labute approximate surface area is 145 Å². The minimum atomic E-state index is -0.0737. The molecule has 1 N–H and O–H groups in total. The molecule has 1 aliphatic rings. The number of likely N-dealkylation sites (tertiary alicyclic amines) is 1. The maximum Gasteiger partial charge on any atom is 0.260 e. The van der Waals surface area contributed by atoms with E-state index in [0.717, 1.165) is 0 Å². The summed E-state index contributed by atoms with van der Waals surface area (Å²) >= 11 is 0. The Kier molecular flexibility index (Phi) is 5.11. The standard InChI is InChI=1S/C16H22N6O3/c1-3-25-16-14-20-19-13(22(14)9-6-17-16)10-18-15(24)12-4-7-21(8-5-12)11(2)23/h6,9,12H,3-5,7-8,10H2,1-2H3,(H,18,24). The summed E-state index contributed by atoms with van der Waals surface area (Å²) in [5.41, 5.74) is 0.531. The summed E-state index contributed by atoms with van der Waals surface area (Å²) in [5, 5.41) is 11.1. The average Bonchev–Trinajstić information content (AvgIpc) is 3.04. The summed E-state index contributed by atoms with van der Waals surface area (Å²) in [6, 6.07) is 0. The normalized spacial score (nSPS) is 15.4. The molecule has 2 amide bonds. The van der Waals surface area contributed by atoms with Crippen LogP contribution in [0.3, 0.4) is 0 Å². The fourth-order valence-electron chi connectivity index (χ4n) is 2.98. The third-order valence-corrected chi connectivity index (χ3v) is 4.38. The van der Waals surface area contributed by atoms with E-state index in [1.54, 1.807) is 28.6 Å². The number of nitrogens with one attached hydrogen (secondary N) is 1. The fraction of sp³-hybridized carbons (Fsp3) is 0.562. The molecule has 0 unspecified atom stereocenters. The highest BCUT2D eigenvalue weighted by Gasteiger charge is 2.26. The molecule has 0 radical (unpaired) electrons.